The largest absolute Gasteiger partial charge is 0.495 e. The summed E-state index contributed by atoms with van der Waals surface area (Å²) in [6.45, 7) is 0. The average molecular weight is 237 g/mol. The Morgan fingerprint density at radius 3 is 2.35 bits per heavy atom. The van der Waals surface area contributed by atoms with Gasteiger partial charge >= 0.3 is 0 Å². The molecule has 0 atom stereocenters. The first-order chi connectivity index (χ1) is 8.08. The van der Waals surface area contributed by atoms with Crippen molar-refractivity contribution in [2.45, 2.75) is 0 Å². The standard InChI is InChI=1S/C12H12FNO3/c1-14-6-11(17-3)7-5-10(16-2)9(13)4-8(7)12(14)15/h4-6H,1-3H3. The fraction of sp³-hybridized carbons (Fsp3) is 0.250. The van der Waals surface area contributed by atoms with Crippen LogP contribution < -0.4 is 15.0 Å². The molecule has 90 valence electrons. The number of hydrogen-bond donors (Lipinski definition) is 0. The maximum atomic E-state index is 13.6. The second kappa shape index (κ2) is 4.08. The first-order valence-electron chi connectivity index (χ1n) is 4.99. The Morgan fingerprint density at radius 1 is 1.12 bits per heavy atom. The summed E-state index contributed by atoms with van der Waals surface area (Å²) in [4.78, 5) is 11.8. The van der Waals surface area contributed by atoms with Gasteiger partial charge in [-0.25, -0.2) is 4.39 Å². The van der Waals surface area contributed by atoms with Gasteiger partial charge in [0.25, 0.3) is 5.56 Å². The third-order valence-corrected chi connectivity index (χ3v) is 2.64. The summed E-state index contributed by atoms with van der Waals surface area (Å²) in [6.07, 6.45) is 1.56. The summed E-state index contributed by atoms with van der Waals surface area (Å²) >= 11 is 0. The van der Waals surface area contributed by atoms with Crippen LogP contribution in [0, 0.1) is 5.82 Å². The lowest BCUT2D eigenvalue weighted by Gasteiger charge is -2.10. The minimum Gasteiger partial charge on any atom is -0.495 e. The van der Waals surface area contributed by atoms with Crippen LogP contribution in [-0.2, 0) is 7.05 Å². The second-order valence-corrected chi connectivity index (χ2v) is 3.65. The van der Waals surface area contributed by atoms with Gasteiger partial charge < -0.3 is 14.0 Å². The summed E-state index contributed by atoms with van der Waals surface area (Å²) in [5.74, 6) is 0.0230. The van der Waals surface area contributed by atoms with Gasteiger partial charge in [0.05, 0.1) is 19.6 Å². The van der Waals surface area contributed by atoms with Crippen LogP contribution in [0.2, 0.25) is 0 Å². The summed E-state index contributed by atoms with van der Waals surface area (Å²) in [5, 5.41) is 0.805. The van der Waals surface area contributed by atoms with Crippen molar-refractivity contribution in [1.82, 2.24) is 4.57 Å². The molecule has 0 bridgehead atoms. The van der Waals surface area contributed by atoms with E-state index in [-0.39, 0.29) is 16.7 Å². The monoisotopic (exact) mass is 237 g/mol. The molecular weight excluding hydrogens is 225 g/mol. The number of fused-ring (bicyclic) bond motifs is 1. The lowest BCUT2D eigenvalue weighted by Crippen LogP contribution is -2.16. The van der Waals surface area contributed by atoms with Crippen molar-refractivity contribution < 1.29 is 13.9 Å². The van der Waals surface area contributed by atoms with Crippen molar-refractivity contribution in [2.24, 2.45) is 7.05 Å². The van der Waals surface area contributed by atoms with Crippen molar-refractivity contribution in [2.75, 3.05) is 14.2 Å². The van der Waals surface area contributed by atoms with E-state index in [1.54, 1.807) is 13.2 Å². The van der Waals surface area contributed by atoms with Gasteiger partial charge in [-0.3, -0.25) is 4.79 Å². The molecule has 0 amide bonds. The third-order valence-electron chi connectivity index (χ3n) is 2.64. The molecule has 1 heterocycles. The number of methoxy groups -OCH3 is 2. The van der Waals surface area contributed by atoms with Crippen LogP contribution in [0.3, 0.4) is 0 Å². The van der Waals surface area contributed by atoms with E-state index in [1.165, 1.54) is 30.9 Å². The number of halogens is 1. The molecule has 0 aliphatic carbocycles. The highest BCUT2D eigenvalue weighted by atomic mass is 19.1. The van der Waals surface area contributed by atoms with Gasteiger partial charge in [0.2, 0.25) is 0 Å². The molecule has 1 aromatic carbocycles. The summed E-state index contributed by atoms with van der Waals surface area (Å²) in [5.41, 5.74) is -0.276. The SMILES string of the molecule is COc1cc2c(OC)cn(C)c(=O)c2cc1F. The van der Waals surface area contributed by atoms with Crippen LogP contribution in [0.15, 0.2) is 23.1 Å². The van der Waals surface area contributed by atoms with Gasteiger partial charge in [-0.2, -0.15) is 0 Å². The van der Waals surface area contributed by atoms with Crippen LogP contribution in [0.1, 0.15) is 0 Å². The van der Waals surface area contributed by atoms with Crippen LogP contribution in [0.5, 0.6) is 11.5 Å². The zero-order valence-corrected chi connectivity index (χ0v) is 9.78. The number of ether oxygens (including phenoxy) is 2. The first kappa shape index (κ1) is 11.4. The van der Waals surface area contributed by atoms with E-state index in [4.69, 9.17) is 9.47 Å². The lowest BCUT2D eigenvalue weighted by atomic mass is 10.1. The van der Waals surface area contributed by atoms with Crippen molar-refractivity contribution in [3.8, 4) is 11.5 Å². The third kappa shape index (κ3) is 1.73. The van der Waals surface area contributed by atoms with Crippen LogP contribution >= 0.6 is 0 Å². The molecule has 0 N–H and O–H groups in total. The Kier molecular flexibility index (Phi) is 2.75. The molecule has 0 saturated carbocycles. The Morgan fingerprint density at radius 2 is 1.76 bits per heavy atom. The molecule has 17 heavy (non-hydrogen) atoms. The Balaban J connectivity index is 2.94. The maximum absolute atomic E-state index is 13.6. The highest BCUT2D eigenvalue weighted by Crippen LogP contribution is 2.28. The highest BCUT2D eigenvalue weighted by Gasteiger charge is 2.12. The van der Waals surface area contributed by atoms with E-state index in [0.29, 0.717) is 11.1 Å². The molecule has 0 saturated heterocycles. The van der Waals surface area contributed by atoms with Gasteiger partial charge in [-0.15, -0.1) is 0 Å². The predicted octanol–water partition coefficient (Wildman–Crippen LogP) is 1.69. The number of benzene rings is 1. The van der Waals surface area contributed by atoms with Gasteiger partial charge in [0.1, 0.15) is 5.75 Å². The zero-order chi connectivity index (χ0) is 12.6. The number of hydrogen-bond acceptors (Lipinski definition) is 3. The molecule has 2 rings (SSSR count). The van der Waals surface area contributed by atoms with Crippen LogP contribution in [-0.4, -0.2) is 18.8 Å². The summed E-state index contributed by atoms with van der Waals surface area (Å²) in [7, 11) is 4.46. The molecule has 0 radical (unpaired) electrons. The maximum Gasteiger partial charge on any atom is 0.258 e. The van der Waals surface area contributed by atoms with Crippen molar-refractivity contribution >= 4 is 10.8 Å². The molecule has 0 aliphatic rings. The lowest BCUT2D eigenvalue weighted by molar-refractivity contribution is 0.386. The van der Waals surface area contributed by atoms with E-state index < -0.39 is 5.82 Å². The smallest absolute Gasteiger partial charge is 0.258 e. The second-order valence-electron chi connectivity index (χ2n) is 3.65. The van der Waals surface area contributed by atoms with Gasteiger partial charge in [-0.1, -0.05) is 0 Å². The molecule has 4 nitrogen and oxygen atoms in total. The molecule has 0 spiro atoms. The number of rotatable bonds is 2. The molecule has 0 unspecified atom stereocenters. The fourth-order valence-corrected chi connectivity index (χ4v) is 1.75. The number of aryl methyl sites for hydroxylation is 1. The van der Waals surface area contributed by atoms with Crippen LogP contribution in [0.4, 0.5) is 4.39 Å². The average Bonchev–Trinajstić information content (AvgIpc) is 2.33. The number of pyridine rings is 1. The van der Waals surface area contributed by atoms with Crippen molar-refractivity contribution in [3.63, 3.8) is 0 Å². The number of aromatic nitrogens is 1. The van der Waals surface area contributed by atoms with Crippen LogP contribution in [0.25, 0.3) is 10.8 Å². The van der Waals surface area contributed by atoms with Crippen molar-refractivity contribution in [3.05, 3.63) is 34.5 Å². The van der Waals surface area contributed by atoms with Gasteiger partial charge in [0, 0.05) is 18.6 Å². The molecule has 2 aromatic rings. The van der Waals surface area contributed by atoms with Gasteiger partial charge in [0.15, 0.2) is 11.6 Å². The molecule has 0 fully saturated rings. The fourth-order valence-electron chi connectivity index (χ4n) is 1.75. The van der Waals surface area contributed by atoms with E-state index in [9.17, 15) is 9.18 Å². The molecule has 0 aliphatic heterocycles. The first-order valence-corrected chi connectivity index (χ1v) is 4.99. The number of nitrogens with zero attached hydrogens (tertiary/aromatic N) is 1. The molecule has 1 aromatic heterocycles. The van der Waals surface area contributed by atoms with E-state index in [2.05, 4.69) is 0 Å². The molecule has 5 heteroatoms. The Bertz CT molecular complexity index is 634. The minimum atomic E-state index is -0.564. The normalized spacial score (nSPS) is 10.6. The van der Waals surface area contributed by atoms with E-state index in [0.717, 1.165) is 0 Å². The highest BCUT2D eigenvalue weighted by molar-refractivity contribution is 5.88. The summed E-state index contributed by atoms with van der Waals surface area (Å²) in [6, 6.07) is 2.63. The Hall–Kier alpha value is -2.04. The van der Waals surface area contributed by atoms with E-state index in [1.807, 2.05) is 0 Å². The minimum absolute atomic E-state index is 0.0871. The van der Waals surface area contributed by atoms with Crippen molar-refractivity contribution in [1.29, 1.82) is 0 Å². The molecular formula is C12H12FNO3. The summed E-state index contributed by atoms with van der Waals surface area (Å²) < 4.78 is 25.0. The van der Waals surface area contributed by atoms with Gasteiger partial charge in [-0.05, 0) is 12.1 Å². The predicted molar refractivity (Wildman–Crippen MR) is 62.3 cm³/mol. The topological polar surface area (TPSA) is 40.5 Å². The van der Waals surface area contributed by atoms with E-state index >= 15 is 0 Å². The quantitative estimate of drug-likeness (QED) is 0.798. The Labute approximate surface area is 97.2 Å². The zero-order valence-electron chi connectivity index (χ0n) is 9.78.